The quantitative estimate of drug-likeness (QED) is 0.480. The lowest BCUT2D eigenvalue weighted by Gasteiger charge is -2.32. The fourth-order valence-electron chi connectivity index (χ4n) is 3.78. The van der Waals surface area contributed by atoms with Gasteiger partial charge < -0.3 is 19.4 Å². The number of halogens is 3. The van der Waals surface area contributed by atoms with E-state index in [1.165, 1.54) is 31.1 Å². The van der Waals surface area contributed by atoms with Crippen LogP contribution in [0.25, 0.3) is 5.52 Å². The molecule has 1 atom stereocenters. The van der Waals surface area contributed by atoms with E-state index in [0.29, 0.717) is 23.3 Å². The van der Waals surface area contributed by atoms with Crippen molar-refractivity contribution >= 4 is 11.4 Å². The van der Waals surface area contributed by atoms with E-state index < -0.39 is 29.3 Å². The molecular formula is C20H18F3N7O3. The van der Waals surface area contributed by atoms with Gasteiger partial charge in [-0.1, -0.05) is 0 Å². The molecule has 0 saturated heterocycles. The first-order valence-electron chi connectivity index (χ1n) is 9.98. The van der Waals surface area contributed by atoms with Gasteiger partial charge in [0, 0.05) is 24.9 Å². The molecule has 0 spiro atoms. The predicted octanol–water partition coefficient (Wildman–Crippen LogP) is 2.47. The Morgan fingerprint density at radius 3 is 2.76 bits per heavy atom. The Balaban J connectivity index is 1.57. The highest BCUT2D eigenvalue weighted by Crippen LogP contribution is 2.35. The van der Waals surface area contributed by atoms with E-state index in [2.05, 4.69) is 25.3 Å². The zero-order valence-corrected chi connectivity index (χ0v) is 17.5. The number of fused-ring (bicyclic) bond motifs is 2. The van der Waals surface area contributed by atoms with Gasteiger partial charge in [-0.05, 0) is 32.0 Å². The fourth-order valence-corrected chi connectivity index (χ4v) is 3.78. The van der Waals surface area contributed by atoms with Crippen LogP contribution in [-0.2, 0) is 18.2 Å². The summed E-state index contributed by atoms with van der Waals surface area (Å²) in [5.74, 6) is -1.05. The summed E-state index contributed by atoms with van der Waals surface area (Å²) < 4.78 is 45.9. The molecule has 2 N–H and O–H groups in total. The van der Waals surface area contributed by atoms with E-state index in [4.69, 9.17) is 4.42 Å². The van der Waals surface area contributed by atoms with Crippen LogP contribution in [0.5, 0.6) is 0 Å². The van der Waals surface area contributed by atoms with Crippen LogP contribution in [0, 0.1) is 0 Å². The molecule has 1 aliphatic rings. The number of carbonyl (C=O) groups is 1. The average Bonchev–Trinajstić information content (AvgIpc) is 3.49. The van der Waals surface area contributed by atoms with Crippen LogP contribution in [0.4, 0.5) is 13.2 Å². The molecule has 5 rings (SSSR count). The molecule has 0 fully saturated rings. The highest BCUT2D eigenvalue weighted by molar-refractivity contribution is 5.90. The molecule has 172 valence electrons. The normalized spacial score (nSPS) is 16.9. The number of carbonyl (C=O) groups excluding carboxylic acids is 1. The number of hydrogen-bond acceptors (Lipinski definition) is 7. The van der Waals surface area contributed by atoms with Gasteiger partial charge in [0.05, 0.1) is 28.8 Å². The molecule has 10 nitrogen and oxygen atoms in total. The highest BCUT2D eigenvalue weighted by atomic mass is 19.4. The number of rotatable bonds is 3. The molecule has 1 amide bonds. The van der Waals surface area contributed by atoms with Gasteiger partial charge in [0.2, 0.25) is 5.89 Å². The summed E-state index contributed by atoms with van der Waals surface area (Å²) in [6, 6.07) is 3.10. The first-order chi connectivity index (χ1) is 15.5. The molecule has 1 aliphatic heterocycles. The van der Waals surface area contributed by atoms with Crippen molar-refractivity contribution in [3.63, 3.8) is 0 Å². The second-order valence-electron chi connectivity index (χ2n) is 8.24. The molecule has 13 heteroatoms. The van der Waals surface area contributed by atoms with Gasteiger partial charge in [0.15, 0.2) is 0 Å². The molecule has 4 aromatic rings. The maximum absolute atomic E-state index is 13.3. The number of nitrogens with one attached hydrogen (secondary N) is 1. The van der Waals surface area contributed by atoms with Crippen LogP contribution in [0.3, 0.4) is 0 Å². The molecule has 0 aliphatic carbocycles. The number of nitrogens with zero attached hydrogens (tertiary/aromatic N) is 6. The number of aromatic amines is 1. The van der Waals surface area contributed by atoms with E-state index in [-0.39, 0.29) is 18.3 Å². The van der Waals surface area contributed by atoms with Crippen LogP contribution in [0.1, 0.15) is 59.1 Å². The number of hydrogen-bond donors (Lipinski definition) is 2. The van der Waals surface area contributed by atoms with E-state index in [1.54, 1.807) is 6.07 Å². The van der Waals surface area contributed by atoms with Crippen LogP contribution in [0.15, 0.2) is 35.1 Å². The van der Waals surface area contributed by atoms with Crippen molar-refractivity contribution in [2.45, 2.75) is 38.1 Å². The minimum absolute atomic E-state index is 0.118. The number of imidazole rings is 1. The lowest BCUT2D eigenvalue weighted by molar-refractivity contribution is -0.137. The second-order valence-corrected chi connectivity index (χ2v) is 8.24. The Morgan fingerprint density at radius 1 is 1.27 bits per heavy atom. The van der Waals surface area contributed by atoms with Crippen molar-refractivity contribution < 1.29 is 27.5 Å². The number of alkyl halides is 3. The Labute approximate surface area is 184 Å². The van der Waals surface area contributed by atoms with Gasteiger partial charge in [0.25, 0.3) is 0 Å². The standard InChI is InChI=1S/C20H18F3N7O3/c1-19(2,32)18-27-26-16(33-18)17(31)29-6-5-12-14(25-9-24-12)15(29)13-7-11-4-3-10(20(21,22)23)8-30(11)28-13/h3-4,7-9,15,32H,5-6H2,1-2H3,(H,24,25). The Bertz CT molecular complexity index is 1350. The average molecular weight is 461 g/mol. The second kappa shape index (κ2) is 7.13. The van der Waals surface area contributed by atoms with E-state index in [9.17, 15) is 23.1 Å². The zero-order valence-electron chi connectivity index (χ0n) is 17.5. The van der Waals surface area contributed by atoms with Gasteiger partial charge in [-0.3, -0.25) is 4.79 Å². The molecule has 4 aromatic heterocycles. The summed E-state index contributed by atoms with van der Waals surface area (Å²) in [6.45, 7) is 3.14. The van der Waals surface area contributed by atoms with Crippen molar-refractivity contribution in [2.75, 3.05) is 6.54 Å². The smallest absolute Gasteiger partial charge is 0.414 e. The Kier molecular flexibility index (Phi) is 4.57. The number of aromatic nitrogens is 6. The molecule has 0 saturated carbocycles. The van der Waals surface area contributed by atoms with Crippen LogP contribution in [-0.4, -0.2) is 52.2 Å². The molecular weight excluding hydrogens is 443 g/mol. The van der Waals surface area contributed by atoms with Crippen molar-refractivity contribution in [3.8, 4) is 0 Å². The SMILES string of the molecule is CC(C)(O)c1nnc(C(=O)N2CCc3[nH]cnc3C2c2cc3ccc(C(F)(F)F)cn3n2)o1. The predicted molar refractivity (Wildman–Crippen MR) is 105 cm³/mol. The summed E-state index contributed by atoms with van der Waals surface area (Å²) in [5, 5.41) is 21.9. The van der Waals surface area contributed by atoms with E-state index in [0.717, 1.165) is 22.5 Å². The van der Waals surface area contributed by atoms with Gasteiger partial charge in [0.1, 0.15) is 11.6 Å². The molecule has 5 heterocycles. The first-order valence-corrected chi connectivity index (χ1v) is 9.98. The fraction of sp³-hybridized carbons (Fsp3) is 0.350. The minimum Gasteiger partial charge on any atom is -0.414 e. The Hall–Kier alpha value is -3.74. The number of amides is 1. The number of pyridine rings is 1. The third-order valence-electron chi connectivity index (χ3n) is 5.40. The van der Waals surface area contributed by atoms with Crippen molar-refractivity contribution in [1.82, 2.24) is 34.7 Å². The summed E-state index contributed by atoms with van der Waals surface area (Å²) in [5.41, 5.74) is -0.198. The monoisotopic (exact) mass is 461 g/mol. The third kappa shape index (κ3) is 3.63. The summed E-state index contributed by atoms with van der Waals surface area (Å²) in [4.78, 5) is 22.1. The van der Waals surface area contributed by atoms with E-state index >= 15 is 0 Å². The maximum atomic E-state index is 13.3. The minimum atomic E-state index is -4.52. The largest absolute Gasteiger partial charge is 0.417 e. The van der Waals surface area contributed by atoms with Crippen molar-refractivity contribution in [3.05, 3.63) is 65.1 Å². The Morgan fingerprint density at radius 2 is 2.06 bits per heavy atom. The van der Waals surface area contributed by atoms with Gasteiger partial charge in [-0.25, -0.2) is 9.50 Å². The van der Waals surface area contributed by atoms with E-state index in [1.807, 2.05) is 0 Å². The van der Waals surface area contributed by atoms with Crippen LogP contribution >= 0.6 is 0 Å². The number of H-pyrrole nitrogens is 1. The molecule has 1 unspecified atom stereocenters. The molecule has 0 bridgehead atoms. The topological polar surface area (TPSA) is 125 Å². The lowest BCUT2D eigenvalue weighted by atomic mass is 9.99. The molecule has 0 radical (unpaired) electrons. The van der Waals surface area contributed by atoms with Crippen molar-refractivity contribution in [1.29, 1.82) is 0 Å². The van der Waals surface area contributed by atoms with Gasteiger partial charge >= 0.3 is 18.0 Å². The molecule has 33 heavy (non-hydrogen) atoms. The van der Waals surface area contributed by atoms with Gasteiger partial charge in [-0.15, -0.1) is 10.2 Å². The van der Waals surface area contributed by atoms with Crippen LogP contribution < -0.4 is 0 Å². The highest BCUT2D eigenvalue weighted by Gasteiger charge is 2.39. The van der Waals surface area contributed by atoms with Crippen LogP contribution in [0.2, 0.25) is 0 Å². The van der Waals surface area contributed by atoms with Crippen molar-refractivity contribution in [2.24, 2.45) is 0 Å². The number of aliphatic hydroxyl groups is 1. The first kappa shape index (κ1) is 21.1. The lowest BCUT2D eigenvalue weighted by Crippen LogP contribution is -2.41. The molecule has 0 aromatic carbocycles. The van der Waals surface area contributed by atoms with Gasteiger partial charge in [-0.2, -0.15) is 18.3 Å². The third-order valence-corrected chi connectivity index (χ3v) is 5.40. The summed E-state index contributed by atoms with van der Waals surface area (Å²) in [7, 11) is 0. The summed E-state index contributed by atoms with van der Waals surface area (Å²) >= 11 is 0. The zero-order chi connectivity index (χ0) is 23.5. The maximum Gasteiger partial charge on any atom is 0.417 e. The summed E-state index contributed by atoms with van der Waals surface area (Å²) in [6.07, 6.45) is -1.66.